The monoisotopic (exact) mass is 333 g/mol. The second-order valence-corrected chi connectivity index (χ2v) is 5.90. The lowest BCUT2D eigenvalue weighted by atomic mass is 10.0. The van der Waals surface area contributed by atoms with Gasteiger partial charge in [-0.1, -0.05) is 12.1 Å². The van der Waals surface area contributed by atoms with Crippen molar-refractivity contribution in [1.29, 1.82) is 0 Å². The van der Waals surface area contributed by atoms with Crippen LogP contribution in [-0.4, -0.2) is 35.4 Å². The molecular formula is C16H19N3O3S. The number of ether oxygens (including phenoxy) is 1. The topological polar surface area (TPSA) is 84.1 Å². The molecule has 0 saturated carbocycles. The number of nitrogens with zero attached hydrogens (tertiary/aromatic N) is 1. The smallest absolute Gasteiger partial charge is 0.307 e. The maximum absolute atomic E-state index is 12.3. The van der Waals surface area contributed by atoms with E-state index >= 15 is 0 Å². The molecule has 7 heteroatoms. The average molecular weight is 333 g/mol. The third-order valence-corrected chi connectivity index (χ3v) is 4.10. The number of esters is 1. The largest absolute Gasteiger partial charge is 0.469 e. The van der Waals surface area contributed by atoms with Crippen molar-refractivity contribution >= 4 is 23.6 Å². The highest BCUT2D eigenvalue weighted by Gasteiger charge is 2.21. The number of amides is 1. The number of carbonyl (C=O) groups is 2. The zero-order valence-electron chi connectivity index (χ0n) is 13.3. The van der Waals surface area contributed by atoms with Crippen LogP contribution in [0, 0.1) is 6.92 Å². The number of thioether (sulfide) groups is 1. The number of rotatable bonds is 6. The van der Waals surface area contributed by atoms with E-state index in [1.54, 1.807) is 17.8 Å². The first-order valence-electron chi connectivity index (χ1n) is 7.07. The molecule has 23 heavy (non-hydrogen) atoms. The number of aromatic nitrogens is 2. The van der Waals surface area contributed by atoms with Gasteiger partial charge in [0.2, 0.25) is 0 Å². The minimum Gasteiger partial charge on any atom is -0.469 e. The van der Waals surface area contributed by atoms with Crippen molar-refractivity contribution in [2.45, 2.75) is 24.3 Å². The van der Waals surface area contributed by atoms with E-state index in [2.05, 4.69) is 15.5 Å². The first-order chi connectivity index (χ1) is 11.0. The van der Waals surface area contributed by atoms with Gasteiger partial charge in [-0.2, -0.15) is 5.10 Å². The standard InChI is InChI=1S/C16H19N3O3S/c1-10-8-14(19-18-10)16(21)17-13(9-15(20)22-2)11-4-6-12(23-3)7-5-11/h4-8,13H,9H2,1-3H3,(H,17,21)(H,18,19)/t13-/m1/s1. The second kappa shape index (κ2) is 7.82. The molecule has 0 aliphatic heterocycles. The number of hydrogen-bond acceptors (Lipinski definition) is 5. The van der Waals surface area contributed by atoms with Crippen LogP contribution in [0.2, 0.25) is 0 Å². The molecule has 0 bridgehead atoms. The SMILES string of the molecule is COC(=O)C[C@@H](NC(=O)c1cc(C)[nH]n1)c1ccc(SC)cc1. The Kier molecular flexibility index (Phi) is 5.81. The lowest BCUT2D eigenvalue weighted by Gasteiger charge is -2.18. The minimum absolute atomic E-state index is 0.0598. The Morgan fingerprint density at radius 2 is 2.04 bits per heavy atom. The summed E-state index contributed by atoms with van der Waals surface area (Å²) < 4.78 is 4.72. The van der Waals surface area contributed by atoms with Gasteiger partial charge in [0.15, 0.2) is 0 Å². The van der Waals surface area contributed by atoms with E-state index in [0.29, 0.717) is 0 Å². The van der Waals surface area contributed by atoms with E-state index in [1.165, 1.54) is 7.11 Å². The van der Waals surface area contributed by atoms with Crippen LogP contribution in [0.25, 0.3) is 0 Å². The molecule has 0 unspecified atom stereocenters. The first kappa shape index (κ1) is 17.1. The van der Waals surface area contributed by atoms with Crippen molar-refractivity contribution in [3.63, 3.8) is 0 Å². The maximum atomic E-state index is 12.3. The molecule has 0 saturated heterocycles. The molecular weight excluding hydrogens is 314 g/mol. The quantitative estimate of drug-likeness (QED) is 0.627. The zero-order valence-corrected chi connectivity index (χ0v) is 14.1. The number of H-pyrrole nitrogens is 1. The molecule has 2 aromatic rings. The van der Waals surface area contributed by atoms with Crippen molar-refractivity contribution in [3.8, 4) is 0 Å². The van der Waals surface area contributed by atoms with Gasteiger partial charge in [-0.05, 0) is 36.9 Å². The van der Waals surface area contributed by atoms with Crippen molar-refractivity contribution in [2.24, 2.45) is 0 Å². The van der Waals surface area contributed by atoms with E-state index in [9.17, 15) is 9.59 Å². The number of methoxy groups -OCH3 is 1. The summed E-state index contributed by atoms with van der Waals surface area (Å²) in [6.07, 6.45) is 2.05. The minimum atomic E-state index is -0.470. The van der Waals surface area contributed by atoms with Crippen molar-refractivity contribution in [2.75, 3.05) is 13.4 Å². The summed E-state index contributed by atoms with van der Waals surface area (Å²) in [6, 6.07) is 8.89. The molecule has 1 atom stereocenters. The Hall–Kier alpha value is -2.28. The van der Waals surface area contributed by atoms with Gasteiger partial charge in [0.1, 0.15) is 5.69 Å². The van der Waals surface area contributed by atoms with Crippen LogP contribution in [0.3, 0.4) is 0 Å². The molecule has 0 radical (unpaired) electrons. The Bertz CT molecular complexity index is 682. The first-order valence-corrected chi connectivity index (χ1v) is 8.29. The molecule has 0 aliphatic carbocycles. The summed E-state index contributed by atoms with van der Waals surface area (Å²) >= 11 is 1.63. The molecule has 0 fully saturated rings. The van der Waals surface area contributed by atoms with Crippen LogP contribution in [-0.2, 0) is 9.53 Å². The average Bonchev–Trinajstić information content (AvgIpc) is 3.00. The van der Waals surface area contributed by atoms with Crippen molar-refractivity contribution < 1.29 is 14.3 Å². The highest BCUT2D eigenvalue weighted by Crippen LogP contribution is 2.22. The van der Waals surface area contributed by atoms with Crippen LogP contribution in [0.1, 0.15) is 34.2 Å². The van der Waals surface area contributed by atoms with Crippen LogP contribution in [0.15, 0.2) is 35.2 Å². The van der Waals surface area contributed by atoms with Gasteiger partial charge in [0.25, 0.3) is 5.91 Å². The van der Waals surface area contributed by atoms with Crippen LogP contribution >= 0.6 is 11.8 Å². The Morgan fingerprint density at radius 3 is 2.57 bits per heavy atom. The van der Waals surface area contributed by atoms with Gasteiger partial charge < -0.3 is 10.1 Å². The Morgan fingerprint density at radius 1 is 1.35 bits per heavy atom. The Balaban J connectivity index is 2.18. The predicted octanol–water partition coefficient (Wildman–Crippen LogP) is 2.47. The molecule has 1 heterocycles. The molecule has 2 N–H and O–H groups in total. The fourth-order valence-electron chi connectivity index (χ4n) is 2.10. The molecule has 0 aliphatic rings. The fourth-order valence-corrected chi connectivity index (χ4v) is 2.51. The number of nitrogens with one attached hydrogen (secondary N) is 2. The molecule has 1 aromatic carbocycles. The lowest BCUT2D eigenvalue weighted by molar-refractivity contribution is -0.141. The van der Waals surface area contributed by atoms with Gasteiger partial charge in [-0.3, -0.25) is 14.7 Å². The fraction of sp³-hybridized carbons (Fsp3) is 0.312. The summed E-state index contributed by atoms with van der Waals surface area (Å²) in [4.78, 5) is 25.0. The van der Waals surface area contributed by atoms with Crippen molar-refractivity contribution in [1.82, 2.24) is 15.5 Å². The maximum Gasteiger partial charge on any atom is 0.307 e. The lowest BCUT2D eigenvalue weighted by Crippen LogP contribution is -2.30. The number of aromatic amines is 1. The molecule has 6 nitrogen and oxygen atoms in total. The molecule has 2 rings (SSSR count). The van der Waals surface area contributed by atoms with Gasteiger partial charge in [-0.25, -0.2) is 0 Å². The summed E-state index contributed by atoms with van der Waals surface area (Å²) in [5, 5.41) is 9.49. The number of aryl methyl sites for hydroxylation is 1. The predicted molar refractivity (Wildman–Crippen MR) is 88.4 cm³/mol. The number of benzene rings is 1. The third kappa shape index (κ3) is 4.59. The highest BCUT2D eigenvalue weighted by atomic mass is 32.2. The summed E-state index contributed by atoms with van der Waals surface area (Å²) in [5.41, 5.74) is 1.93. The van der Waals surface area contributed by atoms with Crippen LogP contribution < -0.4 is 5.32 Å². The van der Waals surface area contributed by atoms with E-state index < -0.39 is 6.04 Å². The van der Waals surface area contributed by atoms with Crippen LogP contribution in [0.5, 0.6) is 0 Å². The van der Waals surface area contributed by atoms with Gasteiger partial charge in [0, 0.05) is 10.6 Å². The summed E-state index contributed by atoms with van der Waals surface area (Å²) in [5.74, 6) is -0.723. The van der Waals surface area contributed by atoms with Crippen LogP contribution in [0.4, 0.5) is 0 Å². The normalized spacial score (nSPS) is 11.8. The molecule has 0 spiro atoms. The van der Waals surface area contributed by atoms with E-state index in [4.69, 9.17) is 4.74 Å². The van der Waals surface area contributed by atoms with E-state index in [1.807, 2.05) is 37.4 Å². The number of hydrogen-bond donors (Lipinski definition) is 2. The zero-order chi connectivity index (χ0) is 16.8. The molecule has 122 valence electrons. The van der Waals surface area contributed by atoms with E-state index in [0.717, 1.165) is 16.2 Å². The molecule has 1 aromatic heterocycles. The summed E-state index contributed by atoms with van der Waals surface area (Å²) in [6.45, 7) is 1.82. The van der Waals surface area contributed by atoms with Gasteiger partial charge in [-0.15, -0.1) is 11.8 Å². The third-order valence-electron chi connectivity index (χ3n) is 3.36. The molecule has 1 amide bonds. The summed E-state index contributed by atoms with van der Waals surface area (Å²) in [7, 11) is 1.33. The second-order valence-electron chi connectivity index (χ2n) is 5.02. The highest BCUT2D eigenvalue weighted by molar-refractivity contribution is 7.98. The van der Waals surface area contributed by atoms with Gasteiger partial charge >= 0.3 is 5.97 Å². The van der Waals surface area contributed by atoms with Gasteiger partial charge in [0.05, 0.1) is 19.6 Å². The van der Waals surface area contributed by atoms with E-state index in [-0.39, 0.29) is 24.0 Å². The number of carbonyl (C=O) groups excluding carboxylic acids is 2. The van der Waals surface area contributed by atoms with Crippen molar-refractivity contribution in [3.05, 3.63) is 47.3 Å². The Labute approximate surface area is 139 Å².